The molecule has 1 aliphatic heterocycles. The Hall–Kier alpha value is -3.52. The van der Waals surface area contributed by atoms with Crippen molar-refractivity contribution < 1.29 is 9.18 Å². The molecule has 190 valence electrons. The van der Waals surface area contributed by atoms with Gasteiger partial charge in [-0.05, 0) is 60.8 Å². The minimum Gasteiger partial charge on any atom is -0.375 e. The molecular weight excluding hydrogens is 491 g/mol. The molecule has 9 heteroatoms. The molecule has 3 atom stereocenters. The van der Waals surface area contributed by atoms with Gasteiger partial charge in [-0.2, -0.15) is 5.10 Å². The van der Waals surface area contributed by atoms with Crippen molar-refractivity contribution >= 4 is 39.9 Å². The van der Waals surface area contributed by atoms with Gasteiger partial charge in [0.15, 0.2) is 11.4 Å². The van der Waals surface area contributed by atoms with E-state index in [1.807, 2.05) is 6.07 Å². The van der Waals surface area contributed by atoms with Crippen molar-refractivity contribution in [3.8, 4) is 0 Å². The Bertz CT molecular complexity index is 1390. The molecule has 2 unspecified atom stereocenters. The third-order valence-electron chi connectivity index (χ3n) is 7.58. The molecule has 2 aromatic heterocycles. The summed E-state index contributed by atoms with van der Waals surface area (Å²) in [5.74, 6) is 1.20. The van der Waals surface area contributed by atoms with Gasteiger partial charge in [-0.3, -0.25) is 9.89 Å². The lowest BCUT2D eigenvalue weighted by Crippen LogP contribution is -2.43. The maximum Gasteiger partial charge on any atom is 0.160 e. The number of nitrogens with one attached hydrogen (secondary N) is 2. The van der Waals surface area contributed by atoms with Gasteiger partial charge >= 0.3 is 0 Å². The summed E-state index contributed by atoms with van der Waals surface area (Å²) in [5.41, 5.74) is 2.50. The molecule has 2 N–H and O–H groups in total. The first-order valence-corrected chi connectivity index (χ1v) is 13.1. The van der Waals surface area contributed by atoms with Crippen LogP contribution in [0.3, 0.4) is 0 Å². The van der Waals surface area contributed by atoms with Crippen LogP contribution in [0, 0.1) is 17.7 Å². The van der Waals surface area contributed by atoms with E-state index in [-0.39, 0.29) is 29.6 Å². The number of hydrogen-bond acceptors (Lipinski definition) is 6. The first-order valence-electron chi connectivity index (χ1n) is 12.7. The van der Waals surface area contributed by atoms with Gasteiger partial charge in [-0.1, -0.05) is 41.9 Å². The number of nitrogens with zero attached hydrogens (tertiary/aromatic N) is 4. The van der Waals surface area contributed by atoms with Gasteiger partial charge in [-0.15, -0.1) is 0 Å². The standard InChI is InChI=1S/C28H28ClFN6O/c29-20-11-21(30)13-22(12-20)34-26(18-6-7-18)25(37)10-19-15-36(9-8-23(19)17-4-2-1-3-5-17)28-24-14-33-35-27(24)31-16-32-28/h1-5,11-14,16,18-19,23,26,34H,6-10,15H2,(H,31,32,33,35)/t19?,23?,26-/m1/s1. The molecule has 6 rings (SSSR count). The normalized spacial score (nSPS) is 20.6. The molecule has 37 heavy (non-hydrogen) atoms. The minimum atomic E-state index is -0.417. The minimum absolute atomic E-state index is 0.0970. The van der Waals surface area contributed by atoms with Crippen molar-refractivity contribution in [2.45, 2.75) is 37.6 Å². The summed E-state index contributed by atoms with van der Waals surface area (Å²) in [5, 5.41) is 11.6. The maximum atomic E-state index is 14.0. The number of anilines is 2. The van der Waals surface area contributed by atoms with E-state index in [4.69, 9.17) is 11.6 Å². The number of ketones is 1. The van der Waals surface area contributed by atoms with E-state index in [0.29, 0.717) is 29.3 Å². The van der Waals surface area contributed by atoms with E-state index in [2.05, 4.69) is 54.6 Å². The summed E-state index contributed by atoms with van der Waals surface area (Å²) >= 11 is 6.07. The van der Waals surface area contributed by atoms with E-state index in [1.54, 1.807) is 18.6 Å². The quantitative estimate of drug-likeness (QED) is 0.315. The molecule has 0 radical (unpaired) electrons. The highest BCUT2D eigenvalue weighted by Gasteiger charge is 2.39. The fourth-order valence-electron chi connectivity index (χ4n) is 5.67. The molecule has 0 bridgehead atoms. The lowest BCUT2D eigenvalue weighted by molar-refractivity contribution is -0.121. The van der Waals surface area contributed by atoms with Crippen LogP contribution in [0.4, 0.5) is 15.9 Å². The number of aromatic nitrogens is 4. The van der Waals surface area contributed by atoms with Crippen LogP contribution in [0.15, 0.2) is 61.1 Å². The van der Waals surface area contributed by atoms with Gasteiger partial charge in [0.25, 0.3) is 0 Å². The van der Waals surface area contributed by atoms with Gasteiger partial charge in [0, 0.05) is 30.2 Å². The first kappa shape index (κ1) is 23.9. The molecule has 1 aliphatic carbocycles. The Labute approximate surface area is 219 Å². The molecular formula is C28H28ClFN6O. The topological polar surface area (TPSA) is 86.8 Å². The highest BCUT2D eigenvalue weighted by atomic mass is 35.5. The Balaban J connectivity index is 1.26. The first-order chi connectivity index (χ1) is 18.0. The second-order valence-corrected chi connectivity index (χ2v) is 10.6. The number of hydrogen-bond donors (Lipinski definition) is 2. The van der Waals surface area contributed by atoms with E-state index in [0.717, 1.165) is 37.0 Å². The number of carbonyl (C=O) groups is 1. The van der Waals surface area contributed by atoms with Gasteiger partial charge in [0.2, 0.25) is 0 Å². The average molecular weight is 519 g/mol. The fraction of sp³-hybridized carbons (Fsp3) is 0.357. The van der Waals surface area contributed by atoms with Crippen LogP contribution in [-0.4, -0.2) is 45.1 Å². The van der Waals surface area contributed by atoms with Gasteiger partial charge in [0.1, 0.15) is 18.0 Å². The molecule has 4 aromatic rings. The number of halogens is 2. The number of Topliss-reactive ketones (excluding diaryl/α,β-unsaturated/α-hetero) is 1. The van der Waals surface area contributed by atoms with Crippen molar-refractivity contribution in [1.82, 2.24) is 20.2 Å². The lowest BCUT2D eigenvalue weighted by atomic mass is 9.77. The predicted molar refractivity (Wildman–Crippen MR) is 142 cm³/mol. The van der Waals surface area contributed by atoms with E-state index in [1.165, 1.54) is 17.7 Å². The zero-order valence-corrected chi connectivity index (χ0v) is 21.0. The molecule has 1 saturated heterocycles. The fourth-order valence-corrected chi connectivity index (χ4v) is 5.89. The van der Waals surface area contributed by atoms with Crippen LogP contribution in [0.5, 0.6) is 0 Å². The summed E-state index contributed by atoms with van der Waals surface area (Å²) < 4.78 is 14.0. The van der Waals surface area contributed by atoms with E-state index >= 15 is 0 Å². The van der Waals surface area contributed by atoms with Crippen molar-refractivity contribution in [2.75, 3.05) is 23.3 Å². The summed E-state index contributed by atoms with van der Waals surface area (Å²) in [4.78, 5) is 24.9. The van der Waals surface area contributed by atoms with Gasteiger partial charge in [-0.25, -0.2) is 14.4 Å². The third kappa shape index (κ3) is 5.16. The molecule has 0 amide bonds. The van der Waals surface area contributed by atoms with Crippen LogP contribution < -0.4 is 10.2 Å². The third-order valence-corrected chi connectivity index (χ3v) is 7.79. The summed E-state index contributed by atoms with van der Waals surface area (Å²) in [6.45, 7) is 1.53. The van der Waals surface area contributed by atoms with Crippen LogP contribution in [0.1, 0.15) is 37.2 Å². The Morgan fingerprint density at radius 3 is 2.78 bits per heavy atom. The second kappa shape index (κ2) is 10.1. The molecule has 0 spiro atoms. The Morgan fingerprint density at radius 2 is 2.00 bits per heavy atom. The molecule has 2 aromatic carbocycles. The van der Waals surface area contributed by atoms with Crippen LogP contribution >= 0.6 is 11.6 Å². The number of fused-ring (bicyclic) bond motifs is 1. The van der Waals surface area contributed by atoms with Gasteiger partial charge < -0.3 is 10.2 Å². The van der Waals surface area contributed by atoms with Crippen molar-refractivity contribution in [2.24, 2.45) is 11.8 Å². The van der Waals surface area contributed by atoms with Crippen LogP contribution in [0.2, 0.25) is 5.02 Å². The molecule has 3 heterocycles. The molecule has 7 nitrogen and oxygen atoms in total. The monoisotopic (exact) mass is 518 g/mol. The predicted octanol–water partition coefficient (Wildman–Crippen LogP) is 5.61. The zero-order chi connectivity index (χ0) is 25.4. The summed E-state index contributed by atoms with van der Waals surface area (Å²) in [7, 11) is 0. The lowest BCUT2D eigenvalue weighted by Gasteiger charge is -2.40. The van der Waals surface area contributed by atoms with Crippen LogP contribution in [-0.2, 0) is 4.79 Å². The molecule has 2 fully saturated rings. The number of H-pyrrole nitrogens is 1. The van der Waals surface area contributed by atoms with Crippen molar-refractivity contribution in [3.05, 3.63) is 77.5 Å². The summed E-state index contributed by atoms with van der Waals surface area (Å²) in [6.07, 6.45) is 6.62. The highest BCUT2D eigenvalue weighted by molar-refractivity contribution is 6.30. The second-order valence-electron chi connectivity index (χ2n) is 10.1. The molecule has 2 aliphatic rings. The van der Waals surface area contributed by atoms with Crippen molar-refractivity contribution in [3.63, 3.8) is 0 Å². The van der Waals surface area contributed by atoms with Gasteiger partial charge in [0.05, 0.1) is 17.6 Å². The van der Waals surface area contributed by atoms with E-state index in [9.17, 15) is 9.18 Å². The zero-order valence-electron chi connectivity index (χ0n) is 20.3. The smallest absolute Gasteiger partial charge is 0.160 e. The largest absolute Gasteiger partial charge is 0.375 e. The SMILES string of the molecule is O=C(CC1CN(c2ncnc3[nH]ncc23)CCC1c1ccccc1)[C@H](Nc1cc(F)cc(Cl)c1)C1CC1. The maximum absolute atomic E-state index is 14.0. The van der Waals surface area contributed by atoms with Crippen LogP contribution in [0.25, 0.3) is 11.0 Å². The molecule has 1 saturated carbocycles. The number of benzene rings is 2. The Morgan fingerprint density at radius 1 is 1.16 bits per heavy atom. The highest BCUT2D eigenvalue weighted by Crippen LogP contribution is 2.40. The average Bonchev–Trinajstić information content (AvgIpc) is 3.62. The summed E-state index contributed by atoms with van der Waals surface area (Å²) in [6, 6.07) is 14.4. The van der Waals surface area contributed by atoms with E-state index < -0.39 is 5.82 Å². The van der Waals surface area contributed by atoms with Crippen molar-refractivity contribution in [1.29, 1.82) is 0 Å². The number of piperidine rings is 1. The number of rotatable bonds is 8. The number of carbonyl (C=O) groups excluding carboxylic acids is 1. The Kier molecular flexibility index (Phi) is 6.50. The number of aromatic amines is 1.